The van der Waals surface area contributed by atoms with Crippen molar-refractivity contribution in [2.24, 2.45) is 0 Å². The van der Waals surface area contributed by atoms with Crippen molar-refractivity contribution in [1.29, 1.82) is 0 Å². The van der Waals surface area contributed by atoms with Crippen LogP contribution in [0.1, 0.15) is 12.5 Å². The lowest BCUT2D eigenvalue weighted by molar-refractivity contribution is -0.828. The summed E-state index contributed by atoms with van der Waals surface area (Å²) in [6.07, 6.45) is -8.68. The van der Waals surface area contributed by atoms with Gasteiger partial charge in [-0.2, -0.15) is 0 Å². The molecule has 0 aliphatic carbocycles. The van der Waals surface area contributed by atoms with Crippen molar-refractivity contribution in [3.8, 4) is 0 Å². The van der Waals surface area contributed by atoms with Gasteiger partial charge in [0.05, 0.1) is 25.2 Å². The van der Waals surface area contributed by atoms with Crippen molar-refractivity contribution in [2.75, 3.05) is 24.7 Å². The molecule has 2 saturated heterocycles. The van der Waals surface area contributed by atoms with Gasteiger partial charge in [0.25, 0.3) is 5.69 Å². The van der Waals surface area contributed by atoms with Gasteiger partial charge >= 0.3 is 5.69 Å². The predicted octanol–water partition coefficient (Wildman–Crippen LogP) is -6.21. The van der Waals surface area contributed by atoms with Gasteiger partial charge in [0.15, 0.2) is 18.7 Å². The van der Waals surface area contributed by atoms with E-state index < -0.39 is 73.7 Å². The van der Waals surface area contributed by atoms with Crippen molar-refractivity contribution in [3.63, 3.8) is 0 Å². The van der Waals surface area contributed by atoms with Crippen LogP contribution >= 0.6 is 12.4 Å². The second-order valence-electron chi connectivity index (χ2n) is 8.09. The lowest BCUT2D eigenvalue weighted by Gasteiger charge is -2.24. The summed E-state index contributed by atoms with van der Waals surface area (Å²) in [6.45, 7) is 1.22. The number of anilines is 2. The van der Waals surface area contributed by atoms with Crippen LogP contribution in [0.4, 0.5) is 11.6 Å². The molecule has 8 atom stereocenters. The molecule has 2 aliphatic heterocycles. The average molecular weight is 535 g/mol. The second-order valence-corrected chi connectivity index (χ2v) is 8.09. The summed E-state index contributed by atoms with van der Waals surface area (Å²) in [7, 11) is 0. The van der Waals surface area contributed by atoms with Crippen molar-refractivity contribution >= 4 is 24.0 Å². The third-order valence-corrected chi connectivity index (χ3v) is 5.94. The zero-order valence-corrected chi connectivity index (χ0v) is 19.3. The maximum atomic E-state index is 13.1. The SMILES string of the molecule is Cl.Nc1ccn(C2O[C@H](CO)[C@@H](O)[C@H]2O)c(=O)[n+]1[C-2][n+]1c(N)ccn(C2O[C@H](CO)[C@@H](O)[C@H]2O)c1=O. The van der Waals surface area contributed by atoms with E-state index in [1.54, 1.807) is 0 Å². The minimum Gasteiger partial charge on any atom is -0.428 e. The Morgan fingerprint density at radius 3 is 1.44 bits per heavy atom. The number of aliphatic hydroxyl groups excluding tert-OH is 6. The van der Waals surface area contributed by atoms with Crippen LogP contribution in [0, 0.1) is 6.67 Å². The van der Waals surface area contributed by atoms with Crippen LogP contribution in [-0.2, 0) is 9.47 Å². The van der Waals surface area contributed by atoms with E-state index >= 15 is 0 Å². The summed E-state index contributed by atoms with van der Waals surface area (Å²) >= 11 is 0. The number of nitrogens with zero attached hydrogens (tertiary/aromatic N) is 4. The standard InChI is InChI=1S/C19H26N6O10.ClH/c20-10-1-3-22(16-14(30)12(28)8(5-26)34-16)18(32)24(10)7-25-11(21)2-4-23(19(25)33)17-15(31)13(29)9(6-27)35-17;/h1-4,8-9,12-17,26-31H,5-6,20-21H2;1H/t8-,9-,12-,13-,14-,15-,16?,17?;/m1./s1. The van der Waals surface area contributed by atoms with Crippen LogP contribution < -0.4 is 32.0 Å². The molecule has 16 nitrogen and oxygen atoms in total. The third-order valence-electron chi connectivity index (χ3n) is 5.94. The maximum Gasteiger partial charge on any atom is 0.373 e. The van der Waals surface area contributed by atoms with Gasteiger partial charge in [-0.1, -0.05) is 6.07 Å². The third kappa shape index (κ3) is 4.54. The highest BCUT2D eigenvalue weighted by Gasteiger charge is 2.46. The summed E-state index contributed by atoms with van der Waals surface area (Å²) in [5.41, 5.74) is 9.92. The molecule has 17 heteroatoms. The highest BCUT2D eigenvalue weighted by atomic mass is 35.5. The molecule has 0 radical (unpaired) electrons. The molecule has 4 heterocycles. The zero-order chi connectivity index (χ0) is 25.6. The predicted molar refractivity (Wildman–Crippen MR) is 118 cm³/mol. The number of aliphatic hydroxyl groups is 6. The fourth-order valence-corrected chi connectivity index (χ4v) is 3.95. The number of rotatable bonds is 6. The van der Waals surface area contributed by atoms with E-state index in [2.05, 4.69) is 6.67 Å². The summed E-state index contributed by atoms with van der Waals surface area (Å²) < 4.78 is 13.9. The monoisotopic (exact) mass is 534 g/mol. The Morgan fingerprint density at radius 2 is 1.14 bits per heavy atom. The van der Waals surface area contributed by atoms with Crippen LogP contribution in [0.15, 0.2) is 34.1 Å². The Kier molecular flexibility index (Phi) is 8.23. The summed E-state index contributed by atoms with van der Waals surface area (Å²) in [5.74, 6) is -0.375. The van der Waals surface area contributed by atoms with Crippen molar-refractivity contribution in [3.05, 3.63) is 52.2 Å². The lowest BCUT2D eigenvalue weighted by atomic mass is 10.1. The van der Waals surface area contributed by atoms with Crippen molar-refractivity contribution in [1.82, 2.24) is 9.13 Å². The topological polar surface area (TPSA) is 244 Å². The van der Waals surface area contributed by atoms with Gasteiger partial charge in [0.2, 0.25) is 6.23 Å². The molecule has 0 bridgehead atoms. The van der Waals surface area contributed by atoms with Crippen LogP contribution in [0.2, 0.25) is 0 Å². The number of hydrogen-bond acceptors (Lipinski definition) is 12. The van der Waals surface area contributed by atoms with Gasteiger partial charge in [-0.25, -0.2) is 4.57 Å². The Bertz CT molecular complexity index is 1120. The number of halogens is 1. The molecule has 0 spiro atoms. The van der Waals surface area contributed by atoms with Crippen LogP contribution in [0.3, 0.4) is 0 Å². The smallest absolute Gasteiger partial charge is 0.373 e. The fraction of sp³-hybridized carbons (Fsp3) is 0.526. The number of ether oxygens (including phenoxy) is 2. The van der Waals surface area contributed by atoms with E-state index in [1.165, 1.54) is 24.5 Å². The highest BCUT2D eigenvalue weighted by Crippen LogP contribution is 2.29. The largest absolute Gasteiger partial charge is 0.428 e. The van der Waals surface area contributed by atoms with Gasteiger partial charge in [-0.15, -0.1) is 12.4 Å². The first-order valence-corrected chi connectivity index (χ1v) is 10.5. The van der Waals surface area contributed by atoms with Gasteiger partial charge in [-0.3, -0.25) is 9.36 Å². The van der Waals surface area contributed by atoms with Gasteiger partial charge < -0.3 is 65.5 Å². The van der Waals surface area contributed by atoms with E-state index in [0.717, 1.165) is 9.13 Å². The molecule has 0 aromatic carbocycles. The lowest BCUT2D eigenvalue weighted by Crippen LogP contribution is -2.68. The van der Waals surface area contributed by atoms with Crippen LogP contribution in [0.25, 0.3) is 0 Å². The Hall–Kier alpha value is -2.80. The minimum absolute atomic E-state index is 0. The molecule has 2 unspecified atom stereocenters. The normalized spacial score (nSPS) is 31.8. The van der Waals surface area contributed by atoms with Crippen LogP contribution in [0.5, 0.6) is 0 Å². The van der Waals surface area contributed by atoms with Gasteiger partial charge in [0, 0.05) is 0 Å². The fourth-order valence-electron chi connectivity index (χ4n) is 3.95. The number of hydrogen-bond donors (Lipinski definition) is 8. The first-order valence-electron chi connectivity index (χ1n) is 10.5. The first kappa shape index (κ1) is 27.8. The molecule has 2 fully saturated rings. The van der Waals surface area contributed by atoms with E-state index in [4.69, 9.17) is 20.9 Å². The quantitative estimate of drug-likeness (QED) is 0.161. The molecule has 36 heavy (non-hydrogen) atoms. The summed E-state index contributed by atoms with van der Waals surface area (Å²) in [5, 5.41) is 59.1. The Balaban J connectivity index is 0.00000361. The summed E-state index contributed by atoms with van der Waals surface area (Å²) in [6, 6.07) is 2.49. The summed E-state index contributed by atoms with van der Waals surface area (Å²) in [4.78, 5) is 26.3. The molecule has 2 aromatic rings. The molecule has 10 N–H and O–H groups in total. The highest BCUT2D eigenvalue weighted by molar-refractivity contribution is 5.85. The number of nitrogens with two attached hydrogens (primary N) is 2. The van der Waals surface area contributed by atoms with Crippen molar-refractivity contribution < 1.29 is 49.2 Å². The minimum atomic E-state index is -1.56. The Labute approximate surface area is 208 Å². The molecular weight excluding hydrogens is 508 g/mol. The molecule has 0 saturated carbocycles. The maximum absolute atomic E-state index is 13.1. The Morgan fingerprint density at radius 1 is 0.778 bits per heavy atom. The average Bonchev–Trinajstić information content (AvgIpc) is 3.28. The van der Waals surface area contributed by atoms with E-state index in [-0.39, 0.29) is 24.0 Å². The molecule has 2 aliphatic rings. The van der Waals surface area contributed by atoms with Crippen LogP contribution in [-0.4, -0.2) is 89.6 Å². The van der Waals surface area contributed by atoms with Gasteiger partial charge in [-0.05, 0) is 12.3 Å². The number of aromatic nitrogens is 4. The molecule has 200 valence electrons. The first-order chi connectivity index (χ1) is 16.6. The van der Waals surface area contributed by atoms with E-state index in [9.17, 15) is 40.2 Å². The van der Waals surface area contributed by atoms with E-state index in [1.807, 2.05) is 0 Å². The van der Waals surface area contributed by atoms with E-state index in [0.29, 0.717) is 9.13 Å². The molecular formula is C19H27ClN6O10. The zero-order valence-electron chi connectivity index (χ0n) is 18.5. The van der Waals surface area contributed by atoms with Gasteiger partial charge in [0.1, 0.15) is 36.6 Å². The molecule has 2 aromatic heterocycles. The molecule has 4 rings (SSSR count). The second kappa shape index (κ2) is 10.7. The number of nitrogen functional groups attached to an aromatic ring is 2. The molecule has 0 amide bonds. The van der Waals surface area contributed by atoms with Crippen molar-refractivity contribution in [2.45, 2.75) is 49.1 Å².